The molecule has 1 aliphatic rings. The van der Waals surface area contributed by atoms with Gasteiger partial charge in [0.05, 0.1) is 5.69 Å². The lowest BCUT2D eigenvalue weighted by Crippen LogP contribution is -2.33. The second kappa shape index (κ2) is 7.04. The molecule has 1 aliphatic heterocycles. The molecule has 1 aromatic carbocycles. The first-order chi connectivity index (χ1) is 10.1. The third-order valence-electron chi connectivity index (χ3n) is 3.38. The molecular formula is C15H18N2O2S2. The Morgan fingerprint density at radius 1 is 1.29 bits per heavy atom. The monoisotopic (exact) mass is 322 g/mol. The van der Waals surface area contributed by atoms with E-state index in [9.17, 15) is 9.59 Å². The summed E-state index contributed by atoms with van der Waals surface area (Å²) in [6.07, 6.45) is 0.208. The molecule has 1 heterocycles. The average molecular weight is 322 g/mol. The molecule has 1 aromatic rings. The van der Waals surface area contributed by atoms with E-state index >= 15 is 0 Å². The molecule has 2 amide bonds. The first-order valence-electron chi connectivity index (χ1n) is 6.95. The number of thiocarbonyl (C=S) groups is 1. The second-order valence-electron chi connectivity index (χ2n) is 4.65. The molecule has 6 heteroatoms. The van der Waals surface area contributed by atoms with Crippen molar-refractivity contribution in [2.75, 3.05) is 18.0 Å². The molecule has 1 fully saturated rings. The van der Waals surface area contributed by atoms with Crippen LogP contribution in [0.4, 0.5) is 5.69 Å². The van der Waals surface area contributed by atoms with Crippen molar-refractivity contribution in [2.24, 2.45) is 0 Å². The zero-order valence-electron chi connectivity index (χ0n) is 12.1. The van der Waals surface area contributed by atoms with Crippen LogP contribution < -0.4 is 4.90 Å². The number of imide groups is 1. The van der Waals surface area contributed by atoms with E-state index in [0.717, 1.165) is 13.1 Å². The fraction of sp³-hybridized carbons (Fsp3) is 0.400. The van der Waals surface area contributed by atoms with Gasteiger partial charge < -0.3 is 4.90 Å². The van der Waals surface area contributed by atoms with Crippen LogP contribution in [0.3, 0.4) is 0 Å². The van der Waals surface area contributed by atoms with Gasteiger partial charge in [0.15, 0.2) is 0 Å². The van der Waals surface area contributed by atoms with Crippen molar-refractivity contribution >= 4 is 45.8 Å². The standard InChI is InChI=1S/C15H18N2O2S2/c1-3-16(4-2)15(20)21-12-10-13(18)17(14(12)19)11-8-6-5-7-9-11/h5-9,12H,3-4,10H2,1-2H3/t12-/m1/s1. The van der Waals surface area contributed by atoms with Gasteiger partial charge in [-0.2, -0.15) is 0 Å². The highest BCUT2D eigenvalue weighted by Crippen LogP contribution is 2.30. The molecule has 21 heavy (non-hydrogen) atoms. The maximum Gasteiger partial charge on any atom is 0.247 e. The smallest absolute Gasteiger partial charge is 0.247 e. The molecule has 0 aromatic heterocycles. The van der Waals surface area contributed by atoms with Gasteiger partial charge in [0, 0.05) is 19.5 Å². The molecule has 1 atom stereocenters. The van der Waals surface area contributed by atoms with Crippen LogP contribution in [0.1, 0.15) is 20.3 Å². The van der Waals surface area contributed by atoms with Gasteiger partial charge in [0.1, 0.15) is 9.57 Å². The number of carbonyl (C=O) groups is 2. The van der Waals surface area contributed by atoms with E-state index in [1.54, 1.807) is 12.1 Å². The van der Waals surface area contributed by atoms with Gasteiger partial charge in [0.2, 0.25) is 11.8 Å². The highest BCUT2D eigenvalue weighted by Gasteiger charge is 2.40. The maximum absolute atomic E-state index is 12.5. The Kier molecular flexibility index (Phi) is 5.36. The third-order valence-corrected chi connectivity index (χ3v) is 5.04. The van der Waals surface area contributed by atoms with Gasteiger partial charge >= 0.3 is 0 Å². The lowest BCUT2D eigenvalue weighted by atomic mass is 10.3. The number of benzene rings is 1. The van der Waals surface area contributed by atoms with Crippen molar-refractivity contribution in [1.29, 1.82) is 0 Å². The van der Waals surface area contributed by atoms with Crippen molar-refractivity contribution in [1.82, 2.24) is 4.90 Å². The molecular weight excluding hydrogens is 304 g/mol. The molecule has 0 saturated carbocycles. The van der Waals surface area contributed by atoms with E-state index < -0.39 is 5.25 Å². The normalized spacial score (nSPS) is 18.2. The maximum atomic E-state index is 12.5. The summed E-state index contributed by atoms with van der Waals surface area (Å²) in [7, 11) is 0. The molecule has 2 rings (SSSR count). The summed E-state index contributed by atoms with van der Waals surface area (Å²) < 4.78 is 0.682. The predicted molar refractivity (Wildman–Crippen MR) is 90.5 cm³/mol. The van der Waals surface area contributed by atoms with E-state index in [4.69, 9.17) is 12.2 Å². The zero-order chi connectivity index (χ0) is 15.4. The van der Waals surface area contributed by atoms with Crippen LogP contribution >= 0.6 is 24.0 Å². The largest absolute Gasteiger partial charge is 0.358 e. The molecule has 0 spiro atoms. The minimum atomic E-state index is -0.411. The van der Waals surface area contributed by atoms with Gasteiger partial charge in [0.25, 0.3) is 0 Å². The number of thioether (sulfide) groups is 1. The zero-order valence-corrected chi connectivity index (χ0v) is 13.7. The highest BCUT2D eigenvalue weighted by molar-refractivity contribution is 8.23. The number of anilines is 1. The van der Waals surface area contributed by atoms with Crippen molar-refractivity contribution < 1.29 is 9.59 Å². The molecule has 0 radical (unpaired) electrons. The van der Waals surface area contributed by atoms with Gasteiger partial charge in [-0.25, -0.2) is 4.90 Å². The van der Waals surface area contributed by atoms with Crippen molar-refractivity contribution in [3.8, 4) is 0 Å². The molecule has 0 unspecified atom stereocenters. The van der Waals surface area contributed by atoms with Gasteiger partial charge in [-0.15, -0.1) is 0 Å². The van der Waals surface area contributed by atoms with Crippen LogP contribution in [-0.4, -0.2) is 39.4 Å². The quantitative estimate of drug-likeness (QED) is 0.630. The number of hydrogen-bond donors (Lipinski definition) is 0. The topological polar surface area (TPSA) is 40.6 Å². The number of carbonyl (C=O) groups excluding carboxylic acids is 2. The van der Waals surface area contributed by atoms with Crippen molar-refractivity contribution in [3.05, 3.63) is 30.3 Å². The van der Waals surface area contributed by atoms with Gasteiger partial charge in [-0.1, -0.05) is 42.2 Å². The Bertz CT molecular complexity index is 544. The molecule has 0 N–H and O–H groups in total. The number of amides is 2. The first kappa shape index (κ1) is 16.0. The lowest BCUT2D eigenvalue weighted by molar-refractivity contribution is -0.121. The van der Waals surface area contributed by atoms with Crippen LogP contribution in [0.25, 0.3) is 0 Å². The molecule has 4 nitrogen and oxygen atoms in total. The Labute approximate surface area is 134 Å². The number of rotatable bonds is 4. The van der Waals surface area contributed by atoms with Crippen LogP contribution in [0.15, 0.2) is 30.3 Å². The number of hydrogen-bond acceptors (Lipinski definition) is 4. The molecule has 0 aliphatic carbocycles. The minimum Gasteiger partial charge on any atom is -0.358 e. The Morgan fingerprint density at radius 3 is 2.48 bits per heavy atom. The van der Waals surface area contributed by atoms with Crippen molar-refractivity contribution in [2.45, 2.75) is 25.5 Å². The summed E-state index contributed by atoms with van der Waals surface area (Å²) in [6, 6.07) is 9.03. The Morgan fingerprint density at radius 2 is 1.90 bits per heavy atom. The summed E-state index contributed by atoms with van der Waals surface area (Å²) in [5.41, 5.74) is 0.629. The van der Waals surface area contributed by atoms with E-state index in [1.165, 1.54) is 16.7 Å². The van der Waals surface area contributed by atoms with Crippen LogP contribution in [0.5, 0.6) is 0 Å². The summed E-state index contributed by atoms with van der Waals surface area (Å²) in [6.45, 7) is 5.65. The fourth-order valence-electron chi connectivity index (χ4n) is 2.22. The van der Waals surface area contributed by atoms with E-state index in [1.807, 2.05) is 36.9 Å². The SMILES string of the molecule is CCN(CC)C(=S)S[C@@H]1CC(=O)N(c2ccccc2)C1=O. The predicted octanol–water partition coefficient (Wildman–Crippen LogP) is 2.68. The molecule has 112 valence electrons. The van der Waals surface area contributed by atoms with Gasteiger partial charge in [-0.05, 0) is 26.0 Å². The van der Waals surface area contributed by atoms with E-state index in [2.05, 4.69) is 0 Å². The summed E-state index contributed by atoms with van der Waals surface area (Å²) in [5.74, 6) is -0.336. The van der Waals surface area contributed by atoms with Crippen molar-refractivity contribution in [3.63, 3.8) is 0 Å². The van der Waals surface area contributed by atoms with Crippen LogP contribution in [-0.2, 0) is 9.59 Å². The Hall–Kier alpha value is -1.40. The summed E-state index contributed by atoms with van der Waals surface area (Å²) in [4.78, 5) is 27.9. The number of para-hydroxylation sites is 1. The lowest BCUT2D eigenvalue weighted by Gasteiger charge is -2.22. The van der Waals surface area contributed by atoms with E-state index in [-0.39, 0.29) is 18.2 Å². The van der Waals surface area contributed by atoms with Crippen LogP contribution in [0.2, 0.25) is 0 Å². The fourth-order valence-corrected chi connectivity index (χ4v) is 3.91. The molecule has 1 saturated heterocycles. The first-order valence-corrected chi connectivity index (χ1v) is 8.24. The molecule has 0 bridgehead atoms. The van der Waals surface area contributed by atoms with Crippen LogP contribution in [0, 0.1) is 0 Å². The average Bonchev–Trinajstić information content (AvgIpc) is 2.75. The minimum absolute atomic E-state index is 0.161. The third kappa shape index (κ3) is 3.44. The van der Waals surface area contributed by atoms with E-state index in [0.29, 0.717) is 10.0 Å². The highest BCUT2D eigenvalue weighted by atomic mass is 32.2. The second-order valence-corrected chi connectivity index (χ2v) is 6.49. The number of nitrogens with zero attached hydrogens (tertiary/aromatic N) is 2. The summed E-state index contributed by atoms with van der Waals surface area (Å²) >= 11 is 6.68. The van der Waals surface area contributed by atoms with Gasteiger partial charge in [-0.3, -0.25) is 9.59 Å². The summed E-state index contributed by atoms with van der Waals surface area (Å²) in [5, 5.41) is -0.411. The Balaban J connectivity index is 2.10.